The Labute approximate surface area is 163 Å². The van der Waals surface area contributed by atoms with Gasteiger partial charge in [-0.3, -0.25) is 4.79 Å². The number of rotatable bonds is 5. The number of aromatic nitrogens is 1. The number of ketones is 1. The van der Waals surface area contributed by atoms with Gasteiger partial charge in [0.05, 0.1) is 33.3 Å². The number of fused-ring (bicyclic) bond motifs is 1. The molecule has 0 atom stereocenters. The fraction of sp³-hybridized carbons (Fsp3) is 0.286. The number of hydrogen-bond acceptors (Lipinski definition) is 3. The molecule has 1 saturated heterocycles. The van der Waals surface area contributed by atoms with E-state index in [1.165, 1.54) is 4.90 Å². The third kappa shape index (κ3) is 3.80. The second-order valence-corrected chi connectivity index (χ2v) is 7.37. The fourth-order valence-corrected chi connectivity index (χ4v) is 3.89. The highest BCUT2D eigenvalue weighted by Crippen LogP contribution is 2.24. The van der Waals surface area contributed by atoms with Crippen LogP contribution in [0.4, 0.5) is 5.69 Å². The Bertz CT molecular complexity index is 961. The summed E-state index contributed by atoms with van der Waals surface area (Å²) in [6.07, 6.45) is 1.81. The maximum absolute atomic E-state index is 12.9. The van der Waals surface area contributed by atoms with Crippen LogP contribution in [0.25, 0.3) is 10.9 Å². The molecule has 5 nitrogen and oxygen atoms in total. The molecule has 6 heteroatoms. The van der Waals surface area contributed by atoms with Crippen molar-refractivity contribution >= 4 is 34.0 Å². The van der Waals surface area contributed by atoms with Crippen LogP contribution in [0.15, 0.2) is 48.7 Å². The van der Waals surface area contributed by atoms with Gasteiger partial charge in [-0.15, -0.1) is 0 Å². The second kappa shape index (κ2) is 7.62. The highest BCUT2D eigenvalue weighted by Gasteiger charge is 2.24. The summed E-state index contributed by atoms with van der Waals surface area (Å²) in [6, 6.07) is 13.7. The lowest BCUT2D eigenvalue weighted by molar-refractivity contribution is -0.892. The van der Waals surface area contributed by atoms with Gasteiger partial charge < -0.3 is 19.5 Å². The number of piperazine rings is 1. The van der Waals surface area contributed by atoms with Crippen LogP contribution in [-0.4, -0.2) is 50.6 Å². The molecular formula is C21H23ClN3O2+. The zero-order chi connectivity index (χ0) is 18.8. The normalized spacial score (nSPS) is 15.3. The maximum atomic E-state index is 12.9. The van der Waals surface area contributed by atoms with Crippen molar-refractivity contribution in [2.45, 2.75) is 0 Å². The highest BCUT2D eigenvalue weighted by molar-refractivity contribution is 6.30. The van der Waals surface area contributed by atoms with Crippen LogP contribution < -0.4 is 14.5 Å². The zero-order valence-electron chi connectivity index (χ0n) is 15.3. The predicted octanol–water partition coefficient (Wildman–Crippen LogP) is 2.42. The molecule has 27 heavy (non-hydrogen) atoms. The lowest BCUT2D eigenvalue weighted by atomic mass is 10.1. The molecule has 2 heterocycles. The SMILES string of the molecule is COc1ccc2[nH]cc(C(=O)C[NH+]3CCN(c4cccc(Cl)c4)CC3)c2c1. The van der Waals surface area contributed by atoms with Crippen LogP contribution in [0, 0.1) is 0 Å². The van der Waals surface area contributed by atoms with E-state index in [9.17, 15) is 4.79 Å². The molecule has 0 saturated carbocycles. The first-order chi connectivity index (χ1) is 13.1. The molecule has 0 unspecified atom stereocenters. The molecule has 1 fully saturated rings. The Kier molecular flexibility index (Phi) is 5.05. The van der Waals surface area contributed by atoms with Gasteiger partial charge in [0.1, 0.15) is 12.3 Å². The number of benzene rings is 2. The van der Waals surface area contributed by atoms with E-state index in [-0.39, 0.29) is 5.78 Å². The molecule has 0 spiro atoms. The van der Waals surface area contributed by atoms with Crippen LogP contribution in [-0.2, 0) is 0 Å². The van der Waals surface area contributed by atoms with Crippen LogP contribution in [0.1, 0.15) is 10.4 Å². The average Bonchev–Trinajstić information content (AvgIpc) is 3.11. The summed E-state index contributed by atoms with van der Waals surface area (Å²) in [5.41, 5.74) is 2.85. The predicted molar refractivity (Wildman–Crippen MR) is 108 cm³/mol. The number of halogens is 1. The van der Waals surface area contributed by atoms with E-state index in [1.807, 2.05) is 42.6 Å². The summed E-state index contributed by atoms with van der Waals surface area (Å²) in [4.78, 5) is 19.7. The Hall–Kier alpha value is -2.50. The third-order valence-corrected chi connectivity index (χ3v) is 5.48. The van der Waals surface area contributed by atoms with Gasteiger partial charge in [-0.05, 0) is 36.4 Å². The molecule has 0 radical (unpaired) electrons. The molecule has 1 aromatic heterocycles. The number of nitrogens with one attached hydrogen (secondary N) is 2. The maximum Gasteiger partial charge on any atom is 0.219 e. The minimum absolute atomic E-state index is 0.167. The van der Waals surface area contributed by atoms with Crippen molar-refractivity contribution in [2.24, 2.45) is 0 Å². The average molecular weight is 385 g/mol. The van der Waals surface area contributed by atoms with Crippen LogP contribution in [0.5, 0.6) is 5.75 Å². The van der Waals surface area contributed by atoms with Gasteiger partial charge in [-0.25, -0.2) is 0 Å². The standard InChI is InChI=1S/C21H22ClN3O2/c1-27-17-5-6-20-18(12-17)19(13-23-20)21(26)14-24-7-9-25(10-8-24)16-4-2-3-15(22)11-16/h2-6,11-13,23H,7-10,14H2,1H3/p+1. The molecular weight excluding hydrogens is 362 g/mol. The van der Waals surface area contributed by atoms with Crippen molar-refractivity contribution in [3.63, 3.8) is 0 Å². The van der Waals surface area contributed by atoms with E-state index in [0.29, 0.717) is 6.54 Å². The lowest BCUT2D eigenvalue weighted by Gasteiger charge is -2.33. The summed E-state index contributed by atoms with van der Waals surface area (Å²) in [5, 5.41) is 1.68. The van der Waals surface area contributed by atoms with E-state index in [1.54, 1.807) is 7.11 Å². The van der Waals surface area contributed by atoms with E-state index < -0.39 is 0 Å². The van der Waals surface area contributed by atoms with Gasteiger partial charge in [-0.2, -0.15) is 0 Å². The first kappa shape index (κ1) is 17.9. The molecule has 1 aliphatic rings. The number of ether oxygens (including phenoxy) is 1. The van der Waals surface area contributed by atoms with E-state index in [2.05, 4.69) is 16.0 Å². The van der Waals surface area contributed by atoms with Crippen LogP contribution >= 0.6 is 11.6 Å². The Morgan fingerprint density at radius 1 is 1.22 bits per heavy atom. The topological polar surface area (TPSA) is 49.8 Å². The molecule has 140 valence electrons. The number of aromatic amines is 1. The molecule has 0 amide bonds. The molecule has 3 aromatic rings. The number of anilines is 1. The molecule has 0 bridgehead atoms. The number of Topliss-reactive ketones (excluding diaryl/α,β-unsaturated/α-hetero) is 1. The Balaban J connectivity index is 1.41. The number of carbonyl (C=O) groups excluding carboxylic acids is 1. The van der Waals surface area contributed by atoms with Gasteiger partial charge in [-0.1, -0.05) is 17.7 Å². The molecule has 1 aliphatic heterocycles. The smallest absolute Gasteiger partial charge is 0.219 e. The van der Waals surface area contributed by atoms with Crippen molar-refractivity contribution in [1.82, 2.24) is 4.98 Å². The van der Waals surface area contributed by atoms with Gasteiger partial charge in [0.15, 0.2) is 0 Å². The van der Waals surface area contributed by atoms with Gasteiger partial charge >= 0.3 is 0 Å². The van der Waals surface area contributed by atoms with E-state index in [0.717, 1.165) is 59.1 Å². The summed E-state index contributed by atoms with van der Waals surface area (Å²) in [5.74, 6) is 0.930. The monoisotopic (exact) mass is 384 g/mol. The van der Waals surface area contributed by atoms with Gasteiger partial charge in [0, 0.05) is 33.4 Å². The molecule has 4 rings (SSSR count). The van der Waals surface area contributed by atoms with Crippen molar-refractivity contribution < 1.29 is 14.4 Å². The van der Waals surface area contributed by atoms with Crippen molar-refractivity contribution in [1.29, 1.82) is 0 Å². The highest BCUT2D eigenvalue weighted by atomic mass is 35.5. The quantitative estimate of drug-likeness (QED) is 0.664. The van der Waals surface area contributed by atoms with Crippen LogP contribution in [0.3, 0.4) is 0 Å². The molecule has 0 aliphatic carbocycles. The largest absolute Gasteiger partial charge is 0.497 e. The lowest BCUT2D eigenvalue weighted by Crippen LogP contribution is -3.15. The van der Waals surface area contributed by atoms with E-state index in [4.69, 9.17) is 16.3 Å². The number of hydrogen-bond donors (Lipinski definition) is 2. The number of H-pyrrole nitrogens is 1. The first-order valence-corrected chi connectivity index (χ1v) is 9.54. The van der Waals surface area contributed by atoms with Gasteiger partial charge in [0.25, 0.3) is 0 Å². The summed E-state index contributed by atoms with van der Waals surface area (Å²) in [7, 11) is 1.64. The fourth-order valence-electron chi connectivity index (χ4n) is 3.71. The third-order valence-electron chi connectivity index (χ3n) is 5.24. The Morgan fingerprint density at radius 2 is 2.04 bits per heavy atom. The number of quaternary nitrogens is 1. The van der Waals surface area contributed by atoms with E-state index >= 15 is 0 Å². The van der Waals surface area contributed by atoms with Crippen LogP contribution in [0.2, 0.25) is 5.02 Å². The van der Waals surface area contributed by atoms with Crippen molar-refractivity contribution in [3.8, 4) is 5.75 Å². The summed E-state index contributed by atoms with van der Waals surface area (Å²) < 4.78 is 5.29. The minimum atomic E-state index is 0.167. The summed E-state index contributed by atoms with van der Waals surface area (Å²) in [6.45, 7) is 4.22. The number of carbonyl (C=O) groups is 1. The molecule has 2 N–H and O–H groups in total. The number of nitrogens with zero attached hydrogens (tertiary/aromatic N) is 1. The molecule has 2 aromatic carbocycles. The van der Waals surface area contributed by atoms with Gasteiger partial charge in [0.2, 0.25) is 5.78 Å². The number of methoxy groups -OCH3 is 1. The second-order valence-electron chi connectivity index (χ2n) is 6.93. The first-order valence-electron chi connectivity index (χ1n) is 9.16. The van der Waals surface area contributed by atoms with Crippen molar-refractivity contribution in [3.05, 3.63) is 59.2 Å². The minimum Gasteiger partial charge on any atom is -0.497 e. The zero-order valence-corrected chi connectivity index (χ0v) is 16.1. The summed E-state index contributed by atoms with van der Waals surface area (Å²) >= 11 is 6.10. The van der Waals surface area contributed by atoms with Crippen molar-refractivity contribution in [2.75, 3.05) is 44.7 Å². The Morgan fingerprint density at radius 3 is 2.78 bits per heavy atom.